The summed E-state index contributed by atoms with van der Waals surface area (Å²) in [5, 5.41) is 6.36. The first-order chi connectivity index (χ1) is 7.25. The standard InChI is InChI=1S/C10H12ClN3O.ClH.H2S/c11-9-5-8(2-4-13-9)14-10(15)7-1-3-12-6-7;;/h2,4-5,7,12H,1,3,6H2,(H,13,14,15);1H;1H2/t7-;;/m0../s1. The molecule has 1 amide bonds. The summed E-state index contributed by atoms with van der Waals surface area (Å²) in [6.45, 7) is 1.67. The molecule has 1 saturated heterocycles. The first kappa shape index (κ1) is 16.5. The number of amides is 1. The Balaban J connectivity index is 0.00000128. The van der Waals surface area contributed by atoms with Gasteiger partial charge in [-0.05, 0) is 25.1 Å². The molecular weight excluding hydrogens is 281 g/mol. The lowest BCUT2D eigenvalue weighted by Gasteiger charge is -2.09. The molecule has 1 fully saturated rings. The molecule has 0 aromatic carbocycles. The molecule has 1 aromatic heterocycles. The van der Waals surface area contributed by atoms with Crippen LogP contribution in [-0.2, 0) is 4.79 Å². The molecule has 2 heterocycles. The van der Waals surface area contributed by atoms with E-state index in [4.69, 9.17) is 11.6 Å². The van der Waals surface area contributed by atoms with Gasteiger partial charge in [0.05, 0.1) is 5.92 Å². The molecule has 1 aliphatic heterocycles. The number of anilines is 1. The Bertz CT molecular complexity index is 372. The first-order valence-electron chi connectivity index (χ1n) is 4.89. The molecule has 1 atom stereocenters. The average molecular weight is 296 g/mol. The number of hydrogen-bond acceptors (Lipinski definition) is 3. The van der Waals surface area contributed by atoms with Gasteiger partial charge < -0.3 is 10.6 Å². The highest BCUT2D eigenvalue weighted by molar-refractivity contribution is 7.59. The number of rotatable bonds is 2. The van der Waals surface area contributed by atoms with Crippen molar-refractivity contribution in [1.82, 2.24) is 10.3 Å². The molecule has 17 heavy (non-hydrogen) atoms. The van der Waals surface area contributed by atoms with Gasteiger partial charge >= 0.3 is 0 Å². The van der Waals surface area contributed by atoms with Gasteiger partial charge in [0.15, 0.2) is 0 Å². The van der Waals surface area contributed by atoms with Crippen LogP contribution in [0, 0.1) is 5.92 Å². The Morgan fingerprint density at radius 3 is 2.94 bits per heavy atom. The summed E-state index contributed by atoms with van der Waals surface area (Å²) in [6.07, 6.45) is 2.47. The maximum absolute atomic E-state index is 11.7. The van der Waals surface area contributed by atoms with Gasteiger partial charge in [-0.2, -0.15) is 13.5 Å². The van der Waals surface area contributed by atoms with E-state index < -0.39 is 0 Å². The van der Waals surface area contributed by atoms with E-state index in [9.17, 15) is 4.79 Å². The van der Waals surface area contributed by atoms with Crippen LogP contribution in [0.4, 0.5) is 5.69 Å². The lowest BCUT2D eigenvalue weighted by atomic mass is 10.1. The van der Waals surface area contributed by atoms with Gasteiger partial charge in [-0.15, -0.1) is 12.4 Å². The van der Waals surface area contributed by atoms with Crippen LogP contribution in [0.25, 0.3) is 0 Å². The third-order valence-electron chi connectivity index (χ3n) is 2.43. The predicted octanol–water partition coefficient (Wildman–Crippen LogP) is 1.82. The molecule has 1 aromatic rings. The van der Waals surface area contributed by atoms with Gasteiger partial charge in [0, 0.05) is 18.4 Å². The van der Waals surface area contributed by atoms with Crippen molar-refractivity contribution in [2.75, 3.05) is 18.4 Å². The number of aromatic nitrogens is 1. The average Bonchev–Trinajstić information content (AvgIpc) is 2.70. The Hall–Kier alpha value is -0.490. The SMILES string of the molecule is Cl.O=C(Nc1ccnc(Cl)c1)[C@H]1CCNC1.S. The summed E-state index contributed by atoms with van der Waals surface area (Å²) in [7, 11) is 0. The molecule has 2 N–H and O–H groups in total. The van der Waals surface area contributed by atoms with E-state index >= 15 is 0 Å². The van der Waals surface area contributed by atoms with E-state index in [1.807, 2.05) is 0 Å². The summed E-state index contributed by atoms with van der Waals surface area (Å²) < 4.78 is 0. The number of nitrogens with zero attached hydrogens (tertiary/aromatic N) is 1. The third-order valence-corrected chi connectivity index (χ3v) is 2.63. The summed E-state index contributed by atoms with van der Waals surface area (Å²) >= 11 is 5.71. The lowest BCUT2D eigenvalue weighted by Crippen LogP contribution is -2.24. The predicted molar refractivity (Wildman–Crippen MR) is 76.5 cm³/mol. The monoisotopic (exact) mass is 295 g/mol. The zero-order chi connectivity index (χ0) is 10.7. The van der Waals surface area contributed by atoms with Crippen molar-refractivity contribution >= 4 is 49.1 Å². The largest absolute Gasteiger partial charge is 0.326 e. The highest BCUT2D eigenvalue weighted by Crippen LogP contribution is 2.15. The van der Waals surface area contributed by atoms with E-state index in [0.29, 0.717) is 10.8 Å². The maximum Gasteiger partial charge on any atom is 0.228 e. The van der Waals surface area contributed by atoms with Crippen LogP contribution < -0.4 is 10.6 Å². The van der Waals surface area contributed by atoms with Crippen LogP contribution >= 0.6 is 37.5 Å². The van der Waals surface area contributed by atoms with E-state index in [0.717, 1.165) is 19.5 Å². The van der Waals surface area contributed by atoms with Gasteiger partial charge in [0.2, 0.25) is 5.91 Å². The van der Waals surface area contributed by atoms with Gasteiger partial charge in [-0.3, -0.25) is 4.79 Å². The van der Waals surface area contributed by atoms with Gasteiger partial charge in [-0.1, -0.05) is 11.6 Å². The molecule has 7 heteroatoms. The molecule has 0 unspecified atom stereocenters. The van der Waals surface area contributed by atoms with Crippen molar-refractivity contribution in [1.29, 1.82) is 0 Å². The quantitative estimate of drug-likeness (QED) is 0.819. The number of carbonyl (C=O) groups is 1. The minimum absolute atomic E-state index is 0. The second-order valence-electron chi connectivity index (χ2n) is 3.55. The fourth-order valence-corrected chi connectivity index (χ4v) is 1.78. The number of hydrogen-bond donors (Lipinski definition) is 2. The van der Waals surface area contributed by atoms with Crippen molar-refractivity contribution in [3.63, 3.8) is 0 Å². The molecule has 0 saturated carbocycles. The van der Waals surface area contributed by atoms with Crippen LogP contribution in [0.1, 0.15) is 6.42 Å². The van der Waals surface area contributed by atoms with E-state index in [-0.39, 0.29) is 37.7 Å². The van der Waals surface area contributed by atoms with E-state index in [1.165, 1.54) is 0 Å². The van der Waals surface area contributed by atoms with E-state index in [1.54, 1.807) is 18.3 Å². The molecule has 2 rings (SSSR count). The Morgan fingerprint density at radius 2 is 2.35 bits per heavy atom. The molecule has 0 spiro atoms. The van der Waals surface area contributed by atoms with Crippen molar-refractivity contribution in [2.45, 2.75) is 6.42 Å². The summed E-state index contributed by atoms with van der Waals surface area (Å²) in [6, 6.07) is 3.37. The fraction of sp³-hybridized carbons (Fsp3) is 0.400. The topological polar surface area (TPSA) is 54.0 Å². The molecule has 1 aliphatic rings. The number of carbonyl (C=O) groups excluding carboxylic acids is 1. The Morgan fingerprint density at radius 1 is 1.59 bits per heavy atom. The lowest BCUT2D eigenvalue weighted by molar-refractivity contribution is -0.119. The number of halogens is 2. The van der Waals surface area contributed by atoms with Crippen LogP contribution in [0.3, 0.4) is 0 Å². The van der Waals surface area contributed by atoms with Crippen molar-refractivity contribution in [3.05, 3.63) is 23.5 Å². The fourth-order valence-electron chi connectivity index (χ4n) is 1.60. The van der Waals surface area contributed by atoms with Crippen LogP contribution in [0.2, 0.25) is 5.15 Å². The zero-order valence-electron chi connectivity index (χ0n) is 9.07. The maximum atomic E-state index is 11.7. The van der Waals surface area contributed by atoms with Gasteiger partial charge in [0.25, 0.3) is 0 Å². The normalized spacial score (nSPS) is 17.8. The molecule has 0 aliphatic carbocycles. The van der Waals surface area contributed by atoms with Gasteiger partial charge in [-0.25, -0.2) is 4.98 Å². The Labute approximate surface area is 118 Å². The van der Waals surface area contributed by atoms with Crippen molar-refractivity contribution in [2.24, 2.45) is 5.92 Å². The summed E-state index contributed by atoms with van der Waals surface area (Å²) in [5.41, 5.74) is 0.701. The highest BCUT2D eigenvalue weighted by Gasteiger charge is 2.22. The van der Waals surface area contributed by atoms with Crippen LogP contribution in [-0.4, -0.2) is 24.0 Å². The molecule has 4 nitrogen and oxygen atoms in total. The molecule has 96 valence electrons. The van der Waals surface area contributed by atoms with E-state index in [2.05, 4.69) is 15.6 Å². The minimum atomic E-state index is 0. The van der Waals surface area contributed by atoms with Crippen molar-refractivity contribution in [3.8, 4) is 0 Å². The summed E-state index contributed by atoms with van der Waals surface area (Å²) in [5.74, 6) is 0.110. The molecule has 0 bridgehead atoms. The Kier molecular flexibility index (Phi) is 7.54. The molecular formula is C10H15Cl2N3OS. The minimum Gasteiger partial charge on any atom is -0.326 e. The molecule has 0 radical (unpaired) electrons. The van der Waals surface area contributed by atoms with Gasteiger partial charge in [0.1, 0.15) is 5.15 Å². The first-order valence-corrected chi connectivity index (χ1v) is 5.26. The van der Waals surface area contributed by atoms with Crippen LogP contribution in [0.15, 0.2) is 18.3 Å². The highest BCUT2D eigenvalue weighted by atomic mass is 35.5. The number of pyridine rings is 1. The third kappa shape index (κ3) is 4.71. The summed E-state index contributed by atoms with van der Waals surface area (Å²) in [4.78, 5) is 15.6. The number of nitrogens with one attached hydrogen (secondary N) is 2. The second-order valence-corrected chi connectivity index (χ2v) is 3.93. The van der Waals surface area contributed by atoms with Crippen molar-refractivity contribution < 1.29 is 4.79 Å². The second kappa shape index (κ2) is 7.76. The smallest absolute Gasteiger partial charge is 0.228 e. The zero-order valence-corrected chi connectivity index (χ0v) is 11.6. The van der Waals surface area contributed by atoms with Crippen LogP contribution in [0.5, 0.6) is 0 Å².